The average molecular weight is 381 g/mol. The molecule has 4 aromatic rings. The zero-order valence-electron chi connectivity index (χ0n) is 15.5. The molecule has 0 amide bonds. The van der Waals surface area contributed by atoms with E-state index in [0.29, 0.717) is 22.2 Å². The van der Waals surface area contributed by atoms with Crippen molar-refractivity contribution in [2.45, 2.75) is 6.92 Å². The number of hydrogen-bond donors (Lipinski definition) is 1. The first-order valence-corrected chi connectivity index (χ1v) is 9.07. The Morgan fingerprint density at radius 2 is 1.52 bits per heavy atom. The molecule has 6 nitrogen and oxygen atoms in total. The summed E-state index contributed by atoms with van der Waals surface area (Å²) < 4.78 is 1.24. The number of anilines is 1. The van der Waals surface area contributed by atoms with Crippen molar-refractivity contribution < 1.29 is 9.59 Å². The highest BCUT2D eigenvalue weighted by molar-refractivity contribution is 6.32. The van der Waals surface area contributed by atoms with Gasteiger partial charge in [-0.15, -0.1) is 0 Å². The zero-order valence-corrected chi connectivity index (χ0v) is 15.5. The number of nitrogens with zero attached hydrogens (tertiary/aromatic N) is 2. The third-order valence-corrected chi connectivity index (χ3v) is 5.28. The van der Waals surface area contributed by atoms with Crippen LogP contribution in [0, 0.1) is 6.92 Å². The molecule has 0 atom stereocenters. The van der Waals surface area contributed by atoms with E-state index in [2.05, 4.69) is 5.10 Å². The first kappa shape index (κ1) is 17.1. The van der Waals surface area contributed by atoms with E-state index in [-0.39, 0.29) is 33.8 Å². The first-order chi connectivity index (χ1) is 14.0. The van der Waals surface area contributed by atoms with Crippen LogP contribution >= 0.6 is 0 Å². The minimum Gasteiger partial charge on any atom is -0.397 e. The second-order valence-corrected chi connectivity index (χ2v) is 7.08. The summed E-state index contributed by atoms with van der Waals surface area (Å²) in [7, 11) is 0. The first-order valence-electron chi connectivity index (χ1n) is 9.07. The van der Waals surface area contributed by atoms with Gasteiger partial charge in [0.15, 0.2) is 11.6 Å². The summed E-state index contributed by atoms with van der Waals surface area (Å²) >= 11 is 0. The van der Waals surface area contributed by atoms with Crippen molar-refractivity contribution in [3.8, 4) is 5.69 Å². The number of fused-ring (bicyclic) bond motifs is 3. The van der Waals surface area contributed by atoms with Crippen LogP contribution in [0.4, 0.5) is 5.69 Å². The van der Waals surface area contributed by atoms with Crippen LogP contribution in [0.1, 0.15) is 37.4 Å². The normalized spacial score (nSPS) is 12.7. The summed E-state index contributed by atoms with van der Waals surface area (Å²) in [6.07, 6.45) is 1.49. The van der Waals surface area contributed by atoms with Gasteiger partial charge in [0.1, 0.15) is 0 Å². The van der Waals surface area contributed by atoms with Crippen LogP contribution in [0.5, 0.6) is 0 Å². The van der Waals surface area contributed by atoms with Crippen LogP contribution in [0.25, 0.3) is 16.5 Å². The lowest BCUT2D eigenvalue weighted by Gasteiger charge is -2.20. The average Bonchev–Trinajstić information content (AvgIpc) is 2.73. The predicted octanol–water partition coefficient (Wildman–Crippen LogP) is 3.05. The van der Waals surface area contributed by atoms with Gasteiger partial charge in [-0.3, -0.25) is 14.4 Å². The molecule has 1 aliphatic rings. The molecule has 0 aliphatic heterocycles. The summed E-state index contributed by atoms with van der Waals surface area (Å²) in [5.74, 6) is -0.640. The van der Waals surface area contributed by atoms with Crippen LogP contribution in [0.15, 0.2) is 65.6 Å². The van der Waals surface area contributed by atoms with Crippen LogP contribution in [-0.4, -0.2) is 21.3 Å². The van der Waals surface area contributed by atoms with Gasteiger partial charge < -0.3 is 5.73 Å². The number of rotatable bonds is 1. The molecule has 0 fully saturated rings. The molecule has 1 aromatic heterocycles. The highest BCUT2D eigenvalue weighted by atomic mass is 16.1. The molecule has 1 aliphatic carbocycles. The fraction of sp³-hybridized carbons (Fsp3) is 0.0435. The van der Waals surface area contributed by atoms with Crippen molar-refractivity contribution >= 4 is 28.0 Å². The van der Waals surface area contributed by atoms with Crippen molar-refractivity contribution in [1.29, 1.82) is 0 Å². The van der Waals surface area contributed by atoms with Gasteiger partial charge in [-0.05, 0) is 25.1 Å². The molecule has 0 spiro atoms. The fourth-order valence-corrected chi connectivity index (χ4v) is 3.80. The molecule has 6 heteroatoms. The summed E-state index contributed by atoms with van der Waals surface area (Å²) in [4.78, 5) is 39.2. The molecule has 0 unspecified atom stereocenters. The Labute approximate surface area is 165 Å². The van der Waals surface area contributed by atoms with Gasteiger partial charge in [-0.2, -0.15) is 9.78 Å². The molecule has 2 N–H and O–H groups in total. The van der Waals surface area contributed by atoms with Crippen LogP contribution in [-0.2, 0) is 0 Å². The molecule has 29 heavy (non-hydrogen) atoms. The van der Waals surface area contributed by atoms with Gasteiger partial charge in [0.25, 0.3) is 5.56 Å². The minimum absolute atomic E-state index is 0.0126. The second kappa shape index (κ2) is 5.97. The van der Waals surface area contributed by atoms with Gasteiger partial charge in [-0.25, -0.2) is 0 Å². The molecule has 0 saturated heterocycles. The van der Waals surface area contributed by atoms with E-state index in [4.69, 9.17) is 5.73 Å². The van der Waals surface area contributed by atoms with E-state index < -0.39 is 5.56 Å². The van der Waals surface area contributed by atoms with Crippen molar-refractivity contribution in [1.82, 2.24) is 9.78 Å². The number of benzene rings is 3. The Balaban J connectivity index is 1.82. The standard InChI is InChI=1S/C23H15N3O3/c1-12-6-8-14(9-7-12)26-23(29)18-13(11-25-26)10-17-19(20(18)24)22(28)16-5-3-2-4-15(16)21(17)27/h2-11H,24H2,1H3. The highest BCUT2D eigenvalue weighted by Gasteiger charge is 2.32. The number of ketones is 2. The molecule has 5 rings (SSSR count). The third-order valence-electron chi connectivity index (χ3n) is 5.28. The Kier molecular flexibility index (Phi) is 3.51. The maximum atomic E-state index is 13.2. The van der Waals surface area contributed by atoms with E-state index in [1.165, 1.54) is 16.9 Å². The third kappa shape index (κ3) is 2.36. The molecule has 0 radical (unpaired) electrons. The number of nitrogen functional groups attached to an aromatic ring is 1. The van der Waals surface area contributed by atoms with Crippen molar-refractivity contribution in [3.05, 3.63) is 99.0 Å². The fourth-order valence-electron chi connectivity index (χ4n) is 3.80. The highest BCUT2D eigenvalue weighted by Crippen LogP contribution is 2.34. The SMILES string of the molecule is Cc1ccc(-n2ncc3cc4c(c(N)c3c2=O)C(=O)c2ccccc2C4=O)cc1. The van der Waals surface area contributed by atoms with E-state index in [1.54, 1.807) is 36.4 Å². The number of aromatic nitrogens is 2. The number of aryl methyl sites for hydroxylation is 1. The zero-order chi connectivity index (χ0) is 20.3. The Bertz CT molecular complexity index is 1420. The van der Waals surface area contributed by atoms with Gasteiger partial charge in [-0.1, -0.05) is 42.0 Å². The van der Waals surface area contributed by atoms with Gasteiger partial charge in [0, 0.05) is 22.1 Å². The summed E-state index contributed by atoms with van der Waals surface area (Å²) in [6.45, 7) is 1.95. The lowest BCUT2D eigenvalue weighted by Crippen LogP contribution is -2.26. The monoisotopic (exact) mass is 381 g/mol. The lowest BCUT2D eigenvalue weighted by molar-refractivity contribution is 0.0980. The van der Waals surface area contributed by atoms with Gasteiger partial charge in [0.2, 0.25) is 0 Å². The van der Waals surface area contributed by atoms with Gasteiger partial charge >= 0.3 is 0 Å². The molecule has 0 saturated carbocycles. The molecule has 0 bridgehead atoms. The summed E-state index contributed by atoms with van der Waals surface area (Å²) in [5, 5.41) is 4.84. The van der Waals surface area contributed by atoms with Gasteiger partial charge in [0.05, 0.1) is 28.5 Å². The largest absolute Gasteiger partial charge is 0.397 e. The number of carbonyl (C=O) groups excluding carboxylic acids is 2. The van der Waals surface area contributed by atoms with Crippen LogP contribution in [0.2, 0.25) is 0 Å². The van der Waals surface area contributed by atoms with E-state index in [9.17, 15) is 14.4 Å². The smallest absolute Gasteiger partial charge is 0.281 e. The quantitative estimate of drug-likeness (QED) is 0.450. The van der Waals surface area contributed by atoms with E-state index in [0.717, 1.165) is 5.56 Å². The maximum absolute atomic E-state index is 13.2. The minimum atomic E-state index is -0.439. The molecular formula is C23H15N3O3. The maximum Gasteiger partial charge on any atom is 0.281 e. The summed E-state index contributed by atoms with van der Waals surface area (Å²) in [5.41, 5.74) is 8.44. The molecular weight excluding hydrogens is 366 g/mol. The lowest BCUT2D eigenvalue weighted by atomic mass is 9.82. The van der Waals surface area contributed by atoms with Crippen molar-refractivity contribution in [2.24, 2.45) is 0 Å². The summed E-state index contributed by atoms with van der Waals surface area (Å²) in [6, 6.07) is 15.5. The van der Waals surface area contributed by atoms with Crippen LogP contribution in [0.3, 0.4) is 0 Å². The van der Waals surface area contributed by atoms with E-state index in [1.807, 2.05) is 19.1 Å². The second-order valence-electron chi connectivity index (χ2n) is 7.08. The molecule has 140 valence electrons. The molecule has 1 heterocycles. The van der Waals surface area contributed by atoms with Crippen molar-refractivity contribution in [2.75, 3.05) is 5.73 Å². The predicted molar refractivity (Wildman–Crippen MR) is 110 cm³/mol. The number of nitrogens with two attached hydrogens (primary N) is 1. The Morgan fingerprint density at radius 3 is 2.21 bits per heavy atom. The van der Waals surface area contributed by atoms with Crippen LogP contribution < -0.4 is 11.3 Å². The van der Waals surface area contributed by atoms with Crippen molar-refractivity contribution in [3.63, 3.8) is 0 Å². The van der Waals surface area contributed by atoms with E-state index >= 15 is 0 Å². The number of hydrogen-bond acceptors (Lipinski definition) is 5. The number of carbonyl (C=O) groups is 2. The Hall–Kier alpha value is -4.06. The molecule has 3 aromatic carbocycles. The topological polar surface area (TPSA) is 95.1 Å². The Morgan fingerprint density at radius 1 is 0.862 bits per heavy atom.